The molecule has 0 aliphatic rings. The van der Waals surface area contributed by atoms with Crippen molar-refractivity contribution in [2.24, 2.45) is 0 Å². The number of ether oxygens (including phenoxy) is 1. The van der Waals surface area contributed by atoms with Gasteiger partial charge in [0.25, 0.3) is 10.0 Å². The second kappa shape index (κ2) is 8.81. The molecule has 28 heavy (non-hydrogen) atoms. The number of sulfonamides is 1. The van der Waals surface area contributed by atoms with Crippen LogP contribution in [0.4, 0.5) is 5.69 Å². The number of benzene rings is 2. The van der Waals surface area contributed by atoms with Gasteiger partial charge in [0, 0.05) is 10.7 Å². The van der Waals surface area contributed by atoms with Crippen LogP contribution in [0.1, 0.15) is 19.4 Å². The summed E-state index contributed by atoms with van der Waals surface area (Å²) in [4.78, 5) is 12.0. The molecule has 3 N–H and O–H groups in total. The second-order valence-electron chi connectivity index (χ2n) is 6.86. The van der Waals surface area contributed by atoms with E-state index in [1.54, 1.807) is 38.1 Å². The SMILES string of the molecule is COc1ccc(Cl)cc1S(=O)(=O)Nc1ccc(CC(=O)NC(C)(C)CO)cc1. The van der Waals surface area contributed by atoms with Crippen molar-refractivity contribution in [2.45, 2.75) is 30.7 Å². The van der Waals surface area contributed by atoms with Gasteiger partial charge in [-0.25, -0.2) is 8.42 Å². The van der Waals surface area contributed by atoms with Crippen molar-refractivity contribution in [3.05, 3.63) is 53.1 Å². The second-order valence-corrected chi connectivity index (χ2v) is 8.95. The lowest BCUT2D eigenvalue weighted by atomic mass is 10.1. The topological polar surface area (TPSA) is 105 Å². The van der Waals surface area contributed by atoms with E-state index >= 15 is 0 Å². The molecule has 0 saturated carbocycles. The smallest absolute Gasteiger partial charge is 0.265 e. The van der Waals surface area contributed by atoms with Gasteiger partial charge < -0.3 is 15.2 Å². The first-order chi connectivity index (χ1) is 13.1. The standard InChI is InChI=1S/C19H23ClN2O5S/c1-19(2,12-23)21-18(24)10-13-4-7-15(8-5-13)22-28(25,26)17-11-14(20)6-9-16(17)27-3/h4-9,11,22-23H,10,12H2,1-3H3,(H,21,24). The summed E-state index contributed by atoms with van der Waals surface area (Å²) in [6, 6.07) is 10.8. The number of methoxy groups -OCH3 is 1. The van der Waals surface area contributed by atoms with E-state index < -0.39 is 15.6 Å². The molecule has 0 fully saturated rings. The lowest BCUT2D eigenvalue weighted by Crippen LogP contribution is -2.46. The molecule has 2 aromatic rings. The van der Waals surface area contributed by atoms with Crippen molar-refractivity contribution in [3.8, 4) is 5.75 Å². The largest absolute Gasteiger partial charge is 0.495 e. The number of nitrogens with one attached hydrogen (secondary N) is 2. The quantitative estimate of drug-likeness (QED) is 0.601. The van der Waals surface area contributed by atoms with E-state index in [2.05, 4.69) is 10.0 Å². The number of halogens is 1. The number of hydrogen-bond acceptors (Lipinski definition) is 5. The van der Waals surface area contributed by atoms with E-state index in [0.29, 0.717) is 11.3 Å². The number of carbonyl (C=O) groups excluding carboxylic acids is 1. The van der Waals surface area contributed by atoms with Crippen molar-refractivity contribution in [1.82, 2.24) is 5.32 Å². The van der Waals surface area contributed by atoms with Crippen LogP contribution in [0.5, 0.6) is 5.75 Å². The first-order valence-corrected chi connectivity index (χ1v) is 10.3. The maximum Gasteiger partial charge on any atom is 0.265 e. The Morgan fingerprint density at radius 3 is 2.39 bits per heavy atom. The molecule has 0 spiro atoms. The average molecular weight is 427 g/mol. The summed E-state index contributed by atoms with van der Waals surface area (Å²) in [6.45, 7) is 3.26. The first-order valence-electron chi connectivity index (χ1n) is 8.43. The summed E-state index contributed by atoms with van der Waals surface area (Å²) in [5.41, 5.74) is 0.333. The van der Waals surface area contributed by atoms with Crippen LogP contribution >= 0.6 is 11.6 Å². The van der Waals surface area contributed by atoms with Gasteiger partial charge >= 0.3 is 0 Å². The number of rotatable bonds is 8. The van der Waals surface area contributed by atoms with Crippen LogP contribution in [-0.4, -0.2) is 38.7 Å². The van der Waals surface area contributed by atoms with E-state index in [1.807, 2.05) is 0 Å². The van der Waals surface area contributed by atoms with Crippen LogP contribution in [-0.2, 0) is 21.2 Å². The fourth-order valence-corrected chi connectivity index (χ4v) is 3.90. The number of anilines is 1. The van der Waals surface area contributed by atoms with E-state index in [1.165, 1.54) is 25.3 Å². The maximum atomic E-state index is 12.6. The highest BCUT2D eigenvalue weighted by molar-refractivity contribution is 7.92. The molecule has 0 aromatic heterocycles. The van der Waals surface area contributed by atoms with E-state index in [-0.39, 0.29) is 34.6 Å². The molecule has 0 aliphatic carbocycles. The zero-order chi connectivity index (χ0) is 20.9. The molecule has 0 radical (unpaired) electrons. The Bertz CT molecular complexity index is 943. The Hall–Kier alpha value is -2.29. The van der Waals surface area contributed by atoms with Crippen molar-refractivity contribution >= 4 is 33.2 Å². The van der Waals surface area contributed by atoms with E-state index in [0.717, 1.165) is 0 Å². The molecule has 2 rings (SSSR count). The minimum absolute atomic E-state index is 0.0720. The molecule has 0 heterocycles. The number of hydrogen-bond donors (Lipinski definition) is 3. The van der Waals surface area contributed by atoms with Crippen LogP contribution < -0.4 is 14.8 Å². The highest BCUT2D eigenvalue weighted by Gasteiger charge is 2.21. The molecular weight excluding hydrogens is 404 g/mol. The van der Waals surface area contributed by atoms with Crippen molar-refractivity contribution in [2.75, 3.05) is 18.4 Å². The van der Waals surface area contributed by atoms with Gasteiger partial charge in [0.1, 0.15) is 10.6 Å². The number of aliphatic hydroxyl groups is 1. The highest BCUT2D eigenvalue weighted by Crippen LogP contribution is 2.28. The Morgan fingerprint density at radius 1 is 1.18 bits per heavy atom. The Labute approximate surface area is 169 Å². The third kappa shape index (κ3) is 5.85. The van der Waals surface area contributed by atoms with Gasteiger partial charge in [0.05, 0.1) is 25.7 Å². The van der Waals surface area contributed by atoms with Crippen LogP contribution in [0.15, 0.2) is 47.4 Å². The molecular formula is C19H23ClN2O5S. The minimum Gasteiger partial charge on any atom is -0.495 e. The molecule has 0 atom stereocenters. The predicted octanol–water partition coefficient (Wildman–Crippen LogP) is 2.58. The Kier molecular flexibility index (Phi) is 6.92. The fourth-order valence-electron chi connectivity index (χ4n) is 2.41. The molecule has 0 aliphatic heterocycles. The van der Waals surface area contributed by atoms with Crippen LogP contribution in [0, 0.1) is 0 Å². The summed E-state index contributed by atoms with van der Waals surface area (Å²) in [5, 5.41) is 12.2. The highest BCUT2D eigenvalue weighted by atomic mass is 35.5. The van der Waals surface area contributed by atoms with Crippen molar-refractivity contribution in [1.29, 1.82) is 0 Å². The molecule has 7 nitrogen and oxygen atoms in total. The van der Waals surface area contributed by atoms with E-state index in [9.17, 15) is 18.3 Å². The minimum atomic E-state index is -3.91. The average Bonchev–Trinajstić information content (AvgIpc) is 2.62. The number of amides is 1. The zero-order valence-electron chi connectivity index (χ0n) is 15.8. The zero-order valence-corrected chi connectivity index (χ0v) is 17.4. The molecule has 2 aromatic carbocycles. The van der Waals surface area contributed by atoms with Gasteiger partial charge in [0.2, 0.25) is 5.91 Å². The summed E-state index contributed by atoms with van der Waals surface area (Å²) in [5.74, 6) is -0.0623. The number of aliphatic hydroxyl groups excluding tert-OH is 1. The molecule has 0 saturated heterocycles. The fraction of sp³-hybridized carbons (Fsp3) is 0.316. The monoisotopic (exact) mass is 426 g/mol. The maximum absolute atomic E-state index is 12.6. The molecule has 9 heteroatoms. The lowest BCUT2D eigenvalue weighted by Gasteiger charge is -2.23. The third-order valence-electron chi connectivity index (χ3n) is 3.86. The summed E-state index contributed by atoms with van der Waals surface area (Å²) >= 11 is 5.91. The van der Waals surface area contributed by atoms with Crippen molar-refractivity contribution < 1.29 is 23.1 Å². The number of carbonyl (C=O) groups is 1. The van der Waals surface area contributed by atoms with E-state index in [4.69, 9.17) is 16.3 Å². The van der Waals surface area contributed by atoms with Crippen LogP contribution in [0.25, 0.3) is 0 Å². The Balaban J connectivity index is 2.12. The van der Waals surface area contributed by atoms with Gasteiger partial charge in [-0.3, -0.25) is 9.52 Å². The van der Waals surface area contributed by atoms with Gasteiger partial charge in [-0.05, 0) is 49.7 Å². The molecule has 152 valence electrons. The summed E-state index contributed by atoms with van der Waals surface area (Å²) in [7, 11) is -2.53. The van der Waals surface area contributed by atoms with Crippen LogP contribution in [0.3, 0.4) is 0 Å². The van der Waals surface area contributed by atoms with Gasteiger partial charge in [0.15, 0.2) is 0 Å². The summed E-state index contributed by atoms with van der Waals surface area (Å²) in [6.07, 6.45) is 0.110. The molecule has 1 amide bonds. The predicted molar refractivity (Wildman–Crippen MR) is 108 cm³/mol. The third-order valence-corrected chi connectivity index (χ3v) is 5.50. The summed E-state index contributed by atoms with van der Waals surface area (Å²) < 4.78 is 32.9. The molecule has 0 bridgehead atoms. The van der Waals surface area contributed by atoms with Crippen molar-refractivity contribution in [3.63, 3.8) is 0 Å². The molecule has 0 unspecified atom stereocenters. The normalized spacial score (nSPS) is 11.8. The first kappa shape index (κ1) is 22.0. The lowest BCUT2D eigenvalue weighted by molar-refractivity contribution is -0.122. The Morgan fingerprint density at radius 2 is 1.82 bits per heavy atom. The van der Waals surface area contributed by atoms with Gasteiger partial charge in [-0.15, -0.1) is 0 Å². The van der Waals surface area contributed by atoms with Gasteiger partial charge in [-0.2, -0.15) is 0 Å². The van der Waals surface area contributed by atoms with Gasteiger partial charge in [-0.1, -0.05) is 23.7 Å². The van der Waals surface area contributed by atoms with Crippen LogP contribution in [0.2, 0.25) is 5.02 Å².